The van der Waals surface area contributed by atoms with Crippen LogP contribution >= 0.6 is 11.8 Å². The van der Waals surface area contributed by atoms with Crippen LogP contribution in [-0.2, 0) is 9.59 Å². The van der Waals surface area contributed by atoms with Gasteiger partial charge in [0.15, 0.2) is 6.61 Å². The predicted molar refractivity (Wildman–Crippen MR) is 77.0 cm³/mol. The maximum absolute atomic E-state index is 12.1. The average molecular weight is 295 g/mol. The molecule has 5 nitrogen and oxygen atoms in total. The Labute approximate surface area is 121 Å². The van der Waals surface area contributed by atoms with Gasteiger partial charge >= 0.3 is 5.97 Å². The number of benzene rings is 1. The molecule has 1 aliphatic rings. The minimum Gasteiger partial charge on any atom is -0.483 e. The average Bonchev–Trinajstić information content (AvgIpc) is 2.89. The van der Waals surface area contributed by atoms with Gasteiger partial charge in [-0.15, -0.1) is 11.8 Å². The summed E-state index contributed by atoms with van der Waals surface area (Å²) in [6.45, 7) is 3.77. The third kappa shape index (κ3) is 3.07. The zero-order valence-corrected chi connectivity index (χ0v) is 12.3. The second-order valence-corrected chi connectivity index (χ2v) is 5.70. The molecule has 0 spiro atoms. The van der Waals surface area contributed by atoms with Crippen LogP contribution in [-0.4, -0.2) is 46.2 Å². The van der Waals surface area contributed by atoms with Crippen LogP contribution in [0.15, 0.2) is 18.2 Å². The van der Waals surface area contributed by atoms with Crippen LogP contribution in [0.2, 0.25) is 0 Å². The number of carbonyl (C=O) groups is 2. The van der Waals surface area contributed by atoms with Gasteiger partial charge in [-0.05, 0) is 31.0 Å². The molecule has 0 saturated carbocycles. The van der Waals surface area contributed by atoms with Crippen molar-refractivity contribution in [3.63, 3.8) is 0 Å². The Balaban J connectivity index is 1.98. The smallest absolute Gasteiger partial charge is 0.327 e. The Morgan fingerprint density at radius 1 is 1.45 bits per heavy atom. The van der Waals surface area contributed by atoms with E-state index in [0.29, 0.717) is 17.4 Å². The summed E-state index contributed by atoms with van der Waals surface area (Å²) in [6.07, 6.45) is 0. The SMILES string of the molecule is Cc1cccc(OCC(=O)N2CSC[C@H]2C(=O)O)c1C. The highest BCUT2D eigenvalue weighted by molar-refractivity contribution is 7.99. The minimum atomic E-state index is -0.963. The van der Waals surface area contributed by atoms with Gasteiger partial charge in [0.25, 0.3) is 5.91 Å². The first-order valence-corrected chi connectivity index (χ1v) is 7.45. The number of thioether (sulfide) groups is 1. The summed E-state index contributed by atoms with van der Waals surface area (Å²) in [7, 11) is 0. The molecule has 1 aromatic rings. The molecule has 1 saturated heterocycles. The summed E-state index contributed by atoms with van der Waals surface area (Å²) in [5.41, 5.74) is 2.08. The second kappa shape index (κ2) is 6.17. The fourth-order valence-electron chi connectivity index (χ4n) is 2.00. The number of rotatable bonds is 4. The van der Waals surface area contributed by atoms with E-state index in [9.17, 15) is 9.59 Å². The number of carbonyl (C=O) groups excluding carboxylic acids is 1. The quantitative estimate of drug-likeness (QED) is 0.915. The van der Waals surface area contributed by atoms with E-state index in [2.05, 4.69) is 0 Å². The van der Waals surface area contributed by atoms with Crippen LogP contribution in [0.3, 0.4) is 0 Å². The molecule has 6 heteroatoms. The lowest BCUT2D eigenvalue weighted by atomic mass is 10.1. The molecule has 1 N–H and O–H groups in total. The van der Waals surface area contributed by atoms with E-state index in [4.69, 9.17) is 9.84 Å². The van der Waals surface area contributed by atoms with Crippen molar-refractivity contribution in [2.75, 3.05) is 18.2 Å². The predicted octanol–water partition coefficient (Wildman–Crippen LogP) is 1.67. The van der Waals surface area contributed by atoms with Gasteiger partial charge in [0.05, 0.1) is 5.88 Å². The van der Waals surface area contributed by atoms with Gasteiger partial charge in [-0.1, -0.05) is 12.1 Å². The number of hydrogen-bond acceptors (Lipinski definition) is 4. The summed E-state index contributed by atoms with van der Waals surface area (Å²) in [5.74, 6) is 0.256. The van der Waals surface area contributed by atoms with Crippen molar-refractivity contribution in [1.29, 1.82) is 0 Å². The molecule has 20 heavy (non-hydrogen) atoms. The Bertz CT molecular complexity index is 532. The number of carboxylic acid groups (broad SMARTS) is 1. The molecule has 108 valence electrons. The third-order valence-corrected chi connectivity index (χ3v) is 4.41. The molecule has 0 unspecified atom stereocenters. The van der Waals surface area contributed by atoms with Crippen LogP contribution < -0.4 is 4.74 Å². The van der Waals surface area contributed by atoms with Gasteiger partial charge in [-0.2, -0.15) is 0 Å². The first-order chi connectivity index (χ1) is 9.50. The number of amides is 1. The normalized spacial score (nSPS) is 18.1. The molecule has 0 bridgehead atoms. The number of nitrogens with zero attached hydrogens (tertiary/aromatic N) is 1. The number of hydrogen-bond donors (Lipinski definition) is 1. The standard InChI is InChI=1S/C14H17NO4S/c1-9-4-3-5-12(10(9)2)19-6-13(16)15-8-20-7-11(15)14(17)18/h3-5,11H,6-8H2,1-2H3,(H,17,18)/t11-/m0/s1. The van der Waals surface area contributed by atoms with Crippen LogP contribution in [0.4, 0.5) is 0 Å². The molecule has 0 aromatic heterocycles. The number of aryl methyl sites for hydroxylation is 1. The van der Waals surface area contributed by atoms with E-state index in [1.807, 2.05) is 32.0 Å². The lowest BCUT2D eigenvalue weighted by Crippen LogP contribution is -2.43. The van der Waals surface area contributed by atoms with Crippen molar-refractivity contribution >= 4 is 23.6 Å². The third-order valence-electron chi connectivity index (χ3n) is 3.39. The number of ether oxygens (including phenoxy) is 1. The van der Waals surface area contributed by atoms with Gasteiger partial charge in [0.1, 0.15) is 11.8 Å². The van der Waals surface area contributed by atoms with E-state index < -0.39 is 12.0 Å². The fraction of sp³-hybridized carbons (Fsp3) is 0.429. The highest BCUT2D eigenvalue weighted by Crippen LogP contribution is 2.23. The highest BCUT2D eigenvalue weighted by atomic mass is 32.2. The maximum atomic E-state index is 12.1. The number of aliphatic carboxylic acids is 1. The van der Waals surface area contributed by atoms with Gasteiger partial charge in [0, 0.05) is 5.75 Å². The summed E-state index contributed by atoms with van der Waals surface area (Å²) in [6, 6.07) is 4.91. The lowest BCUT2D eigenvalue weighted by Gasteiger charge is -2.20. The Kier molecular flexibility index (Phi) is 4.54. The lowest BCUT2D eigenvalue weighted by molar-refractivity contribution is -0.148. The van der Waals surface area contributed by atoms with E-state index in [0.717, 1.165) is 11.1 Å². The van der Waals surface area contributed by atoms with E-state index >= 15 is 0 Å². The zero-order chi connectivity index (χ0) is 14.7. The van der Waals surface area contributed by atoms with Crippen molar-refractivity contribution in [1.82, 2.24) is 4.90 Å². The van der Waals surface area contributed by atoms with Gasteiger partial charge in [-0.3, -0.25) is 4.79 Å². The number of carboxylic acids is 1. The molecule has 1 heterocycles. The topological polar surface area (TPSA) is 66.8 Å². The first kappa shape index (κ1) is 14.7. The molecule has 1 aliphatic heterocycles. The summed E-state index contributed by atoms with van der Waals surface area (Å²) < 4.78 is 5.53. The van der Waals surface area contributed by atoms with E-state index in [1.54, 1.807) is 0 Å². The maximum Gasteiger partial charge on any atom is 0.327 e. The van der Waals surface area contributed by atoms with Crippen LogP contribution in [0.5, 0.6) is 5.75 Å². The Morgan fingerprint density at radius 3 is 2.90 bits per heavy atom. The minimum absolute atomic E-state index is 0.130. The molecule has 1 atom stereocenters. The van der Waals surface area contributed by atoms with Crippen molar-refractivity contribution in [3.05, 3.63) is 29.3 Å². The second-order valence-electron chi connectivity index (χ2n) is 4.70. The zero-order valence-electron chi connectivity index (χ0n) is 11.5. The summed E-state index contributed by atoms with van der Waals surface area (Å²) >= 11 is 1.44. The van der Waals surface area contributed by atoms with Gasteiger partial charge in [-0.25, -0.2) is 4.79 Å². The first-order valence-electron chi connectivity index (χ1n) is 6.29. The molecule has 1 amide bonds. The van der Waals surface area contributed by atoms with E-state index in [-0.39, 0.29) is 12.5 Å². The van der Waals surface area contributed by atoms with Crippen molar-refractivity contribution in [2.24, 2.45) is 0 Å². The van der Waals surface area contributed by atoms with Gasteiger partial charge in [0.2, 0.25) is 0 Å². The fourth-order valence-corrected chi connectivity index (χ4v) is 3.17. The van der Waals surface area contributed by atoms with E-state index in [1.165, 1.54) is 16.7 Å². The monoisotopic (exact) mass is 295 g/mol. The molecule has 1 aromatic carbocycles. The summed E-state index contributed by atoms with van der Waals surface area (Å²) in [4.78, 5) is 24.5. The molecule has 1 fully saturated rings. The Hall–Kier alpha value is -1.69. The molecule has 0 radical (unpaired) electrons. The van der Waals surface area contributed by atoms with Crippen LogP contribution in [0.1, 0.15) is 11.1 Å². The molecule has 0 aliphatic carbocycles. The molecular weight excluding hydrogens is 278 g/mol. The van der Waals surface area contributed by atoms with Crippen molar-refractivity contribution in [3.8, 4) is 5.75 Å². The largest absolute Gasteiger partial charge is 0.483 e. The van der Waals surface area contributed by atoms with Gasteiger partial charge < -0.3 is 14.7 Å². The van der Waals surface area contributed by atoms with Crippen molar-refractivity contribution < 1.29 is 19.4 Å². The van der Waals surface area contributed by atoms with Crippen LogP contribution in [0, 0.1) is 13.8 Å². The van der Waals surface area contributed by atoms with Crippen molar-refractivity contribution in [2.45, 2.75) is 19.9 Å². The highest BCUT2D eigenvalue weighted by Gasteiger charge is 2.34. The molecule has 2 rings (SSSR count). The Morgan fingerprint density at radius 2 is 2.20 bits per heavy atom. The molecular formula is C14H17NO4S. The van der Waals surface area contributed by atoms with Crippen LogP contribution in [0.25, 0.3) is 0 Å². The summed E-state index contributed by atoms with van der Waals surface area (Å²) in [5, 5.41) is 9.05.